The van der Waals surface area contributed by atoms with Gasteiger partial charge in [0.2, 0.25) is 11.8 Å². The molecular formula is C21H31N3O3. The smallest absolute Gasteiger partial charge is 0.245 e. The minimum atomic E-state index is -0.942. The zero-order chi connectivity index (χ0) is 19.8. The van der Waals surface area contributed by atoms with E-state index in [4.69, 9.17) is 10.5 Å². The molecule has 0 spiro atoms. The molecule has 1 aromatic rings. The monoisotopic (exact) mass is 373 g/mol. The highest BCUT2D eigenvalue weighted by Crippen LogP contribution is 2.50. The predicted octanol–water partition coefficient (Wildman–Crippen LogP) is 2.67. The molecule has 148 valence electrons. The molecular weight excluding hydrogens is 342 g/mol. The number of anilines is 1. The van der Waals surface area contributed by atoms with Gasteiger partial charge in [0.15, 0.2) is 0 Å². The summed E-state index contributed by atoms with van der Waals surface area (Å²) in [5.74, 6) is -0.0735. The van der Waals surface area contributed by atoms with Crippen molar-refractivity contribution in [1.29, 1.82) is 0 Å². The van der Waals surface area contributed by atoms with Crippen LogP contribution in [0.1, 0.15) is 52.5 Å². The Bertz CT molecular complexity index is 712. The number of nitrogens with zero attached hydrogens (tertiary/aromatic N) is 1. The highest BCUT2D eigenvalue weighted by atomic mass is 16.5. The van der Waals surface area contributed by atoms with E-state index in [0.29, 0.717) is 31.3 Å². The third-order valence-electron chi connectivity index (χ3n) is 6.19. The number of nitrogens with one attached hydrogen (secondary N) is 1. The molecule has 3 N–H and O–H groups in total. The third-order valence-corrected chi connectivity index (χ3v) is 6.19. The first kappa shape index (κ1) is 19.8. The summed E-state index contributed by atoms with van der Waals surface area (Å²) in [5, 5.41) is 2.94. The number of nitrogens with two attached hydrogens (primary N) is 1. The molecule has 0 heterocycles. The number of benzene rings is 1. The SMILES string of the molecule is CCOC1CC(N)(C(=O)Nc2ccc(CN(C(C)=O)C3CC3)cc2)C1(C)C. The standard InChI is InChI=1S/C21H31N3O3/c1-5-27-18-12-21(22,20(18,3)4)19(26)23-16-8-6-15(7-9-16)13-24(14(2)25)17-10-11-17/h6-9,17-18H,5,10-13,22H2,1-4H3,(H,23,26). The molecule has 2 aliphatic carbocycles. The van der Waals surface area contributed by atoms with Crippen LogP contribution in [0.4, 0.5) is 5.69 Å². The molecule has 2 saturated carbocycles. The fourth-order valence-corrected chi connectivity index (χ4v) is 3.84. The minimum absolute atomic E-state index is 0.000568. The molecule has 0 radical (unpaired) electrons. The van der Waals surface area contributed by atoms with Crippen LogP contribution in [-0.4, -0.2) is 41.0 Å². The molecule has 0 aliphatic heterocycles. The van der Waals surface area contributed by atoms with Gasteiger partial charge in [-0.1, -0.05) is 26.0 Å². The topological polar surface area (TPSA) is 84.7 Å². The molecule has 3 rings (SSSR count). The Labute approximate surface area is 161 Å². The zero-order valence-corrected chi connectivity index (χ0v) is 16.7. The fourth-order valence-electron chi connectivity index (χ4n) is 3.84. The van der Waals surface area contributed by atoms with Crippen molar-refractivity contribution in [2.75, 3.05) is 11.9 Å². The van der Waals surface area contributed by atoms with Gasteiger partial charge in [0, 0.05) is 43.6 Å². The van der Waals surface area contributed by atoms with Gasteiger partial charge in [-0.05, 0) is 37.5 Å². The van der Waals surface area contributed by atoms with Gasteiger partial charge in [-0.2, -0.15) is 0 Å². The van der Waals surface area contributed by atoms with Crippen molar-refractivity contribution in [2.24, 2.45) is 11.1 Å². The van der Waals surface area contributed by atoms with Crippen LogP contribution in [0.3, 0.4) is 0 Å². The number of hydrogen-bond acceptors (Lipinski definition) is 4. The first-order chi connectivity index (χ1) is 12.7. The van der Waals surface area contributed by atoms with Gasteiger partial charge in [0.05, 0.1) is 6.10 Å². The van der Waals surface area contributed by atoms with Crippen molar-refractivity contribution in [3.8, 4) is 0 Å². The normalized spacial score (nSPS) is 26.2. The summed E-state index contributed by atoms with van der Waals surface area (Å²) in [5.41, 5.74) is 6.83. The van der Waals surface area contributed by atoms with Gasteiger partial charge in [0.1, 0.15) is 5.54 Å². The maximum atomic E-state index is 12.8. The molecule has 27 heavy (non-hydrogen) atoms. The van der Waals surface area contributed by atoms with E-state index in [2.05, 4.69) is 5.32 Å². The Hall–Kier alpha value is -1.92. The van der Waals surface area contributed by atoms with Crippen LogP contribution in [0.25, 0.3) is 0 Å². The molecule has 0 aromatic heterocycles. The van der Waals surface area contributed by atoms with E-state index in [1.165, 1.54) is 0 Å². The molecule has 2 amide bonds. The lowest BCUT2D eigenvalue weighted by atomic mass is 9.54. The van der Waals surface area contributed by atoms with Gasteiger partial charge in [0.25, 0.3) is 0 Å². The van der Waals surface area contributed by atoms with Crippen LogP contribution < -0.4 is 11.1 Å². The number of carbonyl (C=O) groups is 2. The summed E-state index contributed by atoms with van der Waals surface area (Å²) in [4.78, 5) is 26.5. The average Bonchev–Trinajstić information content (AvgIpc) is 3.45. The van der Waals surface area contributed by atoms with E-state index in [1.807, 2.05) is 49.9 Å². The van der Waals surface area contributed by atoms with Crippen LogP contribution in [0.5, 0.6) is 0 Å². The van der Waals surface area contributed by atoms with Crippen LogP contribution in [0, 0.1) is 5.41 Å². The summed E-state index contributed by atoms with van der Waals surface area (Å²) in [6.07, 6.45) is 2.70. The molecule has 0 saturated heterocycles. The van der Waals surface area contributed by atoms with Crippen molar-refractivity contribution in [3.05, 3.63) is 29.8 Å². The molecule has 1 aromatic carbocycles. The first-order valence-electron chi connectivity index (χ1n) is 9.77. The summed E-state index contributed by atoms with van der Waals surface area (Å²) in [6, 6.07) is 8.03. The largest absolute Gasteiger partial charge is 0.378 e. The van der Waals surface area contributed by atoms with Gasteiger partial charge >= 0.3 is 0 Å². The lowest BCUT2D eigenvalue weighted by Crippen LogP contribution is -2.74. The Balaban J connectivity index is 1.61. The minimum Gasteiger partial charge on any atom is -0.378 e. The second kappa shape index (κ2) is 7.24. The number of carbonyl (C=O) groups excluding carboxylic acids is 2. The van der Waals surface area contributed by atoms with Crippen molar-refractivity contribution in [2.45, 2.75) is 71.2 Å². The van der Waals surface area contributed by atoms with E-state index in [1.54, 1.807) is 6.92 Å². The number of amides is 2. The fraction of sp³-hybridized carbons (Fsp3) is 0.619. The lowest BCUT2D eigenvalue weighted by Gasteiger charge is -2.57. The second-order valence-electron chi connectivity index (χ2n) is 8.37. The van der Waals surface area contributed by atoms with Crippen LogP contribution in [0.15, 0.2) is 24.3 Å². The molecule has 2 atom stereocenters. The van der Waals surface area contributed by atoms with E-state index in [0.717, 1.165) is 18.4 Å². The Kier molecular flexibility index (Phi) is 5.32. The molecule has 2 aliphatic rings. The molecule has 6 nitrogen and oxygen atoms in total. The Morgan fingerprint density at radius 3 is 2.37 bits per heavy atom. The van der Waals surface area contributed by atoms with E-state index >= 15 is 0 Å². The van der Waals surface area contributed by atoms with Crippen molar-refractivity contribution in [3.63, 3.8) is 0 Å². The van der Waals surface area contributed by atoms with E-state index in [-0.39, 0.29) is 17.9 Å². The van der Waals surface area contributed by atoms with E-state index in [9.17, 15) is 9.59 Å². The van der Waals surface area contributed by atoms with Crippen LogP contribution in [0.2, 0.25) is 0 Å². The highest BCUT2D eigenvalue weighted by molar-refractivity contribution is 5.99. The quantitative estimate of drug-likeness (QED) is 0.769. The van der Waals surface area contributed by atoms with Gasteiger partial charge < -0.3 is 20.7 Å². The van der Waals surface area contributed by atoms with Crippen molar-refractivity contribution < 1.29 is 14.3 Å². The lowest BCUT2D eigenvalue weighted by molar-refractivity contribution is -0.166. The first-order valence-corrected chi connectivity index (χ1v) is 9.77. The number of rotatable bonds is 7. The molecule has 2 unspecified atom stereocenters. The zero-order valence-electron chi connectivity index (χ0n) is 16.7. The highest BCUT2D eigenvalue weighted by Gasteiger charge is 2.62. The van der Waals surface area contributed by atoms with Crippen molar-refractivity contribution >= 4 is 17.5 Å². The molecule has 0 bridgehead atoms. The van der Waals surface area contributed by atoms with Gasteiger partial charge in [-0.25, -0.2) is 0 Å². The maximum absolute atomic E-state index is 12.8. The summed E-state index contributed by atoms with van der Waals surface area (Å²) in [7, 11) is 0. The van der Waals surface area contributed by atoms with Crippen LogP contribution in [-0.2, 0) is 20.9 Å². The maximum Gasteiger partial charge on any atom is 0.245 e. The predicted molar refractivity (Wildman–Crippen MR) is 105 cm³/mol. The Morgan fingerprint density at radius 2 is 1.89 bits per heavy atom. The summed E-state index contributed by atoms with van der Waals surface area (Å²) in [6.45, 7) is 8.75. The second-order valence-corrected chi connectivity index (χ2v) is 8.37. The van der Waals surface area contributed by atoms with Gasteiger partial charge in [-0.3, -0.25) is 9.59 Å². The third kappa shape index (κ3) is 3.73. The molecule has 2 fully saturated rings. The van der Waals surface area contributed by atoms with E-state index < -0.39 is 11.0 Å². The number of hydrogen-bond donors (Lipinski definition) is 2. The molecule has 6 heteroatoms. The number of ether oxygens (including phenoxy) is 1. The summed E-state index contributed by atoms with van der Waals surface area (Å²) < 4.78 is 5.69. The summed E-state index contributed by atoms with van der Waals surface area (Å²) >= 11 is 0. The Morgan fingerprint density at radius 1 is 1.26 bits per heavy atom. The van der Waals surface area contributed by atoms with Crippen LogP contribution >= 0.6 is 0 Å². The van der Waals surface area contributed by atoms with Crippen molar-refractivity contribution in [1.82, 2.24) is 4.90 Å². The van der Waals surface area contributed by atoms with Gasteiger partial charge in [-0.15, -0.1) is 0 Å². The average molecular weight is 373 g/mol.